The summed E-state index contributed by atoms with van der Waals surface area (Å²) >= 11 is 0. The van der Waals surface area contributed by atoms with Crippen molar-refractivity contribution in [3.05, 3.63) is 60.0 Å². The quantitative estimate of drug-likeness (QED) is 0.549. The highest BCUT2D eigenvalue weighted by atomic mass is 16.6. The summed E-state index contributed by atoms with van der Waals surface area (Å²) in [6.45, 7) is 4.45. The smallest absolute Gasteiger partial charge is 0.410 e. The summed E-state index contributed by atoms with van der Waals surface area (Å²) in [5, 5.41) is 0.969. The maximum atomic E-state index is 12.5. The number of hydrogen-bond donors (Lipinski definition) is 0. The molecule has 3 aromatic rings. The Kier molecular flexibility index (Phi) is 6.03. The minimum Gasteiger partial charge on any atom is -0.493 e. The third kappa shape index (κ3) is 4.58. The first kappa shape index (κ1) is 21.5. The molecule has 7 heteroatoms. The first-order valence-corrected chi connectivity index (χ1v) is 11.5. The van der Waals surface area contributed by atoms with Crippen molar-refractivity contribution < 1.29 is 19.0 Å². The Balaban J connectivity index is 1.14. The third-order valence-corrected chi connectivity index (χ3v) is 6.91. The van der Waals surface area contributed by atoms with Crippen molar-refractivity contribution >= 4 is 17.0 Å². The lowest BCUT2D eigenvalue weighted by molar-refractivity contribution is 0.100. The average Bonchev–Trinajstić information content (AvgIpc) is 3.41. The maximum absolute atomic E-state index is 12.5. The maximum Gasteiger partial charge on any atom is 0.410 e. The molecular formula is C26H29N3O4. The topological polar surface area (TPSA) is 73.8 Å². The molecule has 172 valence electrons. The molecule has 1 aliphatic carbocycles. The van der Waals surface area contributed by atoms with E-state index in [1.807, 2.05) is 54.3 Å². The number of benzene rings is 2. The van der Waals surface area contributed by atoms with E-state index in [9.17, 15) is 4.79 Å². The summed E-state index contributed by atoms with van der Waals surface area (Å²) in [7, 11) is 1.65. The Hall–Kier alpha value is -3.35. The number of carbonyl (C=O) groups is 1. The standard InChI is InChI=1S/C26H29N3O4/c1-17-22-10-24(31-2)25(11-23(22)28-16-27-17)32-15-19-8-20-12-29(13-21(20)9-19)26(30)33-14-18-6-4-3-5-7-18/h3-7,10-11,16,19-21H,8-9,12-15H2,1-2H3. The molecule has 5 rings (SSSR count). The molecule has 1 aliphatic heterocycles. The normalized spacial score (nSPS) is 21.8. The predicted octanol–water partition coefficient (Wildman–Crippen LogP) is 4.62. The molecule has 7 nitrogen and oxygen atoms in total. The van der Waals surface area contributed by atoms with Crippen molar-refractivity contribution in [2.45, 2.75) is 26.4 Å². The molecule has 2 fully saturated rings. The van der Waals surface area contributed by atoms with E-state index in [4.69, 9.17) is 14.2 Å². The van der Waals surface area contributed by atoms with E-state index in [-0.39, 0.29) is 6.09 Å². The third-order valence-electron chi connectivity index (χ3n) is 6.91. The molecular weight excluding hydrogens is 418 g/mol. The summed E-state index contributed by atoms with van der Waals surface area (Å²) in [6, 6.07) is 13.7. The van der Waals surface area contributed by atoms with Crippen LogP contribution in [0.4, 0.5) is 4.79 Å². The number of amides is 1. The summed E-state index contributed by atoms with van der Waals surface area (Å²) in [6.07, 6.45) is 3.48. The lowest BCUT2D eigenvalue weighted by atomic mass is 10.0. The van der Waals surface area contributed by atoms with Crippen molar-refractivity contribution in [3.8, 4) is 11.5 Å². The van der Waals surface area contributed by atoms with Gasteiger partial charge in [-0.25, -0.2) is 14.8 Å². The van der Waals surface area contributed by atoms with Crippen LogP contribution in [0.1, 0.15) is 24.1 Å². The van der Waals surface area contributed by atoms with Crippen molar-refractivity contribution in [1.29, 1.82) is 0 Å². The molecule has 2 atom stereocenters. The molecule has 2 unspecified atom stereocenters. The van der Waals surface area contributed by atoms with Gasteiger partial charge in [0, 0.05) is 30.2 Å². The molecule has 0 spiro atoms. The second-order valence-electron chi connectivity index (χ2n) is 9.09. The molecule has 2 aliphatic rings. The van der Waals surface area contributed by atoms with Gasteiger partial charge in [0.1, 0.15) is 12.9 Å². The fourth-order valence-corrected chi connectivity index (χ4v) is 5.19. The summed E-state index contributed by atoms with van der Waals surface area (Å²) in [4.78, 5) is 23.0. The zero-order valence-corrected chi connectivity index (χ0v) is 19.1. The second-order valence-corrected chi connectivity index (χ2v) is 9.09. The van der Waals surface area contributed by atoms with Gasteiger partial charge >= 0.3 is 6.09 Å². The molecule has 33 heavy (non-hydrogen) atoms. The van der Waals surface area contributed by atoms with Crippen molar-refractivity contribution in [1.82, 2.24) is 14.9 Å². The Morgan fingerprint density at radius 2 is 1.82 bits per heavy atom. The number of rotatable bonds is 6. The van der Waals surface area contributed by atoms with Crippen LogP contribution in [0.5, 0.6) is 11.5 Å². The number of hydrogen-bond acceptors (Lipinski definition) is 6. The highest BCUT2D eigenvalue weighted by molar-refractivity contribution is 5.84. The van der Waals surface area contributed by atoms with Gasteiger partial charge in [-0.3, -0.25) is 0 Å². The van der Waals surface area contributed by atoms with E-state index in [0.717, 1.165) is 48.1 Å². The summed E-state index contributed by atoms with van der Waals surface area (Å²) in [5.41, 5.74) is 2.78. The van der Waals surface area contributed by atoms with Gasteiger partial charge in [0.2, 0.25) is 0 Å². The van der Waals surface area contributed by atoms with Gasteiger partial charge in [0.05, 0.1) is 19.2 Å². The van der Waals surface area contributed by atoms with Crippen molar-refractivity contribution in [3.63, 3.8) is 0 Å². The Labute approximate surface area is 193 Å². The highest BCUT2D eigenvalue weighted by Gasteiger charge is 2.43. The van der Waals surface area contributed by atoms with E-state index in [0.29, 0.717) is 42.5 Å². The first-order chi connectivity index (χ1) is 16.1. The van der Waals surface area contributed by atoms with Gasteiger partial charge in [-0.1, -0.05) is 30.3 Å². The Bertz CT molecular complexity index is 1120. The molecule has 0 radical (unpaired) electrons. The Morgan fingerprint density at radius 3 is 2.55 bits per heavy atom. The highest BCUT2D eigenvalue weighted by Crippen LogP contribution is 2.42. The van der Waals surface area contributed by atoms with Gasteiger partial charge in [0.15, 0.2) is 11.5 Å². The summed E-state index contributed by atoms with van der Waals surface area (Å²) < 4.78 is 17.3. The lowest BCUT2D eigenvalue weighted by Gasteiger charge is -2.20. The number of nitrogens with zero attached hydrogens (tertiary/aromatic N) is 3. The van der Waals surface area contributed by atoms with Crippen LogP contribution in [0, 0.1) is 24.7 Å². The number of likely N-dealkylation sites (tertiary alicyclic amines) is 1. The molecule has 1 aromatic heterocycles. The lowest BCUT2D eigenvalue weighted by Crippen LogP contribution is -2.30. The molecule has 1 saturated heterocycles. The zero-order chi connectivity index (χ0) is 22.8. The minimum absolute atomic E-state index is 0.209. The Morgan fingerprint density at radius 1 is 1.06 bits per heavy atom. The molecule has 2 heterocycles. The first-order valence-electron chi connectivity index (χ1n) is 11.5. The van der Waals surface area contributed by atoms with E-state index in [1.54, 1.807) is 13.4 Å². The molecule has 1 amide bonds. The monoisotopic (exact) mass is 447 g/mol. The van der Waals surface area contributed by atoms with Crippen LogP contribution < -0.4 is 9.47 Å². The van der Waals surface area contributed by atoms with Crippen LogP contribution in [0.3, 0.4) is 0 Å². The molecule has 1 saturated carbocycles. The zero-order valence-electron chi connectivity index (χ0n) is 19.1. The van der Waals surface area contributed by atoms with Gasteiger partial charge in [-0.15, -0.1) is 0 Å². The predicted molar refractivity (Wildman–Crippen MR) is 124 cm³/mol. The van der Waals surface area contributed by atoms with Crippen molar-refractivity contribution in [2.75, 3.05) is 26.8 Å². The van der Waals surface area contributed by atoms with E-state index >= 15 is 0 Å². The SMILES string of the molecule is COc1cc2c(C)ncnc2cc1OCC1CC2CN(C(=O)OCc3ccccc3)CC2C1. The number of methoxy groups -OCH3 is 1. The fraction of sp³-hybridized carbons (Fsp3) is 0.423. The van der Waals surface area contributed by atoms with Crippen LogP contribution in [-0.2, 0) is 11.3 Å². The molecule has 0 N–H and O–H groups in total. The number of ether oxygens (including phenoxy) is 3. The summed E-state index contributed by atoms with van der Waals surface area (Å²) in [5.74, 6) is 2.90. The van der Waals surface area contributed by atoms with Gasteiger partial charge < -0.3 is 19.1 Å². The fourth-order valence-electron chi connectivity index (χ4n) is 5.19. The minimum atomic E-state index is -0.209. The van der Waals surface area contributed by atoms with Crippen LogP contribution >= 0.6 is 0 Å². The van der Waals surface area contributed by atoms with Crippen LogP contribution in [-0.4, -0.2) is 47.8 Å². The van der Waals surface area contributed by atoms with Crippen LogP contribution in [0.25, 0.3) is 10.9 Å². The number of fused-ring (bicyclic) bond motifs is 2. The molecule has 2 aromatic carbocycles. The van der Waals surface area contributed by atoms with Crippen LogP contribution in [0.15, 0.2) is 48.8 Å². The van der Waals surface area contributed by atoms with Gasteiger partial charge in [-0.2, -0.15) is 0 Å². The number of aryl methyl sites for hydroxylation is 1. The van der Waals surface area contributed by atoms with E-state index < -0.39 is 0 Å². The second kappa shape index (κ2) is 9.25. The van der Waals surface area contributed by atoms with E-state index in [1.165, 1.54) is 0 Å². The number of aromatic nitrogens is 2. The van der Waals surface area contributed by atoms with Gasteiger partial charge in [0.25, 0.3) is 0 Å². The van der Waals surface area contributed by atoms with Gasteiger partial charge in [-0.05, 0) is 49.1 Å². The van der Waals surface area contributed by atoms with Crippen molar-refractivity contribution in [2.24, 2.45) is 17.8 Å². The number of carbonyl (C=O) groups excluding carboxylic acids is 1. The molecule has 0 bridgehead atoms. The average molecular weight is 448 g/mol. The largest absolute Gasteiger partial charge is 0.493 e. The van der Waals surface area contributed by atoms with E-state index in [2.05, 4.69) is 9.97 Å². The van der Waals surface area contributed by atoms with Crippen LogP contribution in [0.2, 0.25) is 0 Å².